The third-order valence-electron chi connectivity index (χ3n) is 4.14. The van der Waals surface area contributed by atoms with Gasteiger partial charge in [-0.25, -0.2) is 13.6 Å². The fraction of sp³-hybridized carbons (Fsp3) is 0.222. The zero-order chi connectivity index (χ0) is 18.8. The van der Waals surface area contributed by atoms with Gasteiger partial charge >= 0.3 is 6.03 Å². The Bertz CT molecular complexity index is 876. The highest BCUT2D eigenvalue weighted by Crippen LogP contribution is 2.24. The molecule has 1 fully saturated rings. The molecule has 26 heavy (non-hydrogen) atoms. The molecule has 0 radical (unpaired) electrons. The summed E-state index contributed by atoms with van der Waals surface area (Å²) in [6, 6.07) is 6.83. The number of rotatable bonds is 3. The van der Waals surface area contributed by atoms with Crippen LogP contribution in [-0.4, -0.2) is 24.5 Å². The van der Waals surface area contributed by atoms with Crippen molar-refractivity contribution >= 4 is 34.9 Å². The van der Waals surface area contributed by atoms with E-state index in [0.29, 0.717) is 24.2 Å². The van der Waals surface area contributed by atoms with Crippen LogP contribution in [0.2, 0.25) is 5.02 Å². The van der Waals surface area contributed by atoms with E-state index in [2.05, 4.69) is 10.6 Å². The lowest BCUT2D eigenvalue weighted by Crippen LogP contribution is -2.43. The van der Waals surface area contributed by atoms with Crippen LogP contribution in [0.5, 0.6) is 0 Å². The van der Waals surface area contributed by atoms with Gasteiger partial charge in [0.15, 0.2) is 0 Å². The topological polar surface area (TPSA) is 61.4 Å². The van der Waals surface area contributed by atoms with Crippen molar-refractivity contribution in [3.05, 3.63) is 58.6 Å². The first kappa shape index (κ1) is 18.1. The second-order valence-electron chi connectivity index (χ2n) is 5.99. The van der Waals surface area contributed by atoms with Crippen molar-refractivity contribution < 1.29 is 18.4 Å². The highest BCUT2D eigenvalue weighted by Gasteiger charge is 2.33. The second kappa shape index (κ2) is 7.29. The molecular formula is C18H16ClF2N3O2. The van der Waals surface area contributed by atoms with Gasteiger partial charge in [-0.3, -0.25) is 4.79 Å². The molecule has 0 aromatic heterocycles. The monoisotopic (exact) mass is 379 g/mol. The molecule has 1 atom stereocenters. The number of amides is 3. The molecule has 0 aliphatic carbocycles. The Balaban J connectivity index is 1.64. The summed E-state index contributed by atoms with van der Waals surface area (Å²) < 4.78 is 27.1. The van der Waals surface area contributed by atoms with E-state index >= 15 is 0 Å². The average molecular weight is 380 g/mol. The Kier molecular flexibility index (Phi) is 5.08. The molecule has 1 saturated heterocycles. The Morgan fingerprint density at radius 1 is 1.19 bits per heavy atom. The molecule has 0 unspecified atom stereocenters. The van der Waals surface area contributed by atoms with E-state index in [1.165, 1.54) is 29.2 Å². The van der Waals surface area contributed by atoms with E-state index < -0.39 is 17.9 Å². The van der Waals surface area contributed by atoms with Crippen LogP contribution in [0.3, 0.4) is 0 Å². The van der Waals surface area contributed by atoms with Gasteiger partial charge in [0, 0.05) is 17.3 Å². The van der Waals surface area contributed by atoms with Gasteiger partial charge in [0.2, 0.25) is 5.91 Å². The number of carbonyl (C=O) groups is 2. The first-order valence-electron chi connectivity index (χ1n) is 7.95. The molecule has 2 N–H and O–H groups in total. The van der Waals surface area contributed by atoms with Crippen LogP contribution in [0.1, 0.15) is 12.0 Å². The van der Waals surface area contributed by atoms with E-state index in [0.717, 1.165) is 6.07 Å². The summed E-state index contributed by atoms with van der Waals surface area (Å²) in [7, 11) is 0. The molecule has 3 amide bonds. The van der Waals surface area contributed by atoms with Crippen LogP contribution in [0.4, 0.5) is 25.0 Å². The summed E-state index contributed by atoms with van der Waals surface area (Å²) in [6.45, 7) is 2.01. The van der Waals surface area contributed by atoms with Crippen molar-refractivity contribution in [1.29, 1.82) is 0 Å². The third kappa shape index (κ3) is 3.77. The normalized spacial score (nSPS) is 16.7. The van der Waals surface area contributed by atoms with Crippen LogP contribution >= 0.6 is 11.6 Å². The van der Waals surface area contributed by atoms with E-state index in [-0.39, 0.29) is 22.4 Å². The molecule has 1 heterocycles. The zero-order valence-electron chi connectivity index (χ0n) is 13.9. The fourth-order valence-electron chi connectivity index (χ4n) is 2.77. The number of aryl methyl sites for hydroxylation is 1. The van der Waals surface area contributed by atoms with Crippen molar-refractivity contribution in [2.24, 2.45) is 0 Å². The summed E-state index contributed by atoms with van der Waals surface area (Å²) in [5, 5.41) is 5.09. The average Bonchev–Trinajstić information content (AvgIpc) is 2.93. The molecule has 5 nitrogen and oxygen atoms in total. The fourth-order valence-corrected chi connectivity index (χ4v) is 2.93. The van der Waals surface area contributed by atoms with Gasteiger partial charge in [0.1, 0.15) is 17.7 Å². The van der Waals surface area contributed by atoms with E-state index in [9.17, 15) is 18.4 Å². The summed E-state index contributed by atoms with van der Waals surface area (Å²) in [6.07, 6.45) is 0.395. The summed E-state index contributed by atoms with van der Waals surface area (Å²) in [5.41, 5.74) is 0.966. The maximum Gasteiger partial charge on any atom is 0.319 e. The Labute approximate surface area is 153 Å². The SMILES string of the molecule is Cc1cc(N2CC[C@H](NC(=O)Nc3ccc(Cl)cc3F)C2=O)ccc1F. The van der Waals surface area contributed by atoms with Gasteiger partial charge in [-0.15, -0.1) is 0 Å². The second-order valence-corrected chi connectivity index (χ2v) is 6.42. The van der Waals surface area contributed by atoms with Crippen LogP contribution in [0.25, 0.3) is 0 Å². The third-order valence-corrected chi connectivity index (χ3v) is 4.38. The van der Waals surface area contributed by atoms with Crippen molar-refractivity contribution in [2.75, 3.05) is 16.8 Å². The number of halogens is 3. The van der Waals surface area contributed by atoms with Gasteiger partial charge in [-0.05, 0) is 55.3 Å². The molecule has 136 valence electrons. The zero-order valence-corrected chi connectivity index (χ0v) is 14.6. The number of anilines is 2. The number of nitrogens with zero attached hydrogens (tertiary/aromatic N) is 1. The van der Waals surface area contributed by atoms with Gasteiger partial charge in [-0.1, -0.05) is 11.6 Å². The molecule has 2 aromatic rings. The predicted octanol–water partition coefficient (Wildman–Crippen LogP) is 3.85. The molecular weight excluding hydrogens is 364 g/mol. The molecule has 0 spiro atoms. The highest BCUT2D eigenvalue weighted by molar-refractivity contribution is 6.30. The molecule has 3 rings (SSSR count). The Morgan fingerprint density at radius 2 is 1.96 bits per heavy atom. The Hall–Kier alpha value is -2.67. The maximum atomic E-state index is 13.7. The van der Waals surface area contributed by atoms with Crippen LogP contribution in [-0.2, 0) is 4.79 Å². The van der Waals surface area contributed by atoms with Crippen LogP contribution in [0, 0.1) is 18.6 Å². The maximum absolute atomic E-state index is 13.7. The quantitative estimate of drug-likeness (QED) is 0.850. The summed E-state index contributed by atoms with van der Waals surface area (Å²) in [4.78, 5) is 26.0. The van der Waals surface area contributed by atoms with E-state index in [4.69, 9.17) is 11.6 Å². The van der Waals surface area contributed by atoms with Crippen LogP contribution < -0.4 is 15.5 Å². The molecule has 0 saturated carbocycles. The van der Waals surface area contributed by atoms with Crippen molar-refractivity contribution in [2.45, 2.75) is 19.4 Å². The minimum absolute atomic E-state index is 0.0386. The van der Waals surface area contributed by atoms with Crippen molar-refractivity contribution in [1.82, 2.24) is 5.32 Å². The van der Waals surface area contributed by atoms with E-state index in [1.807, 2.05) is 0 Å². The largest absolute Gasteiger partial charge is 0.326 e. The van der Waals surface area contributed by atoms with Gasteiger partial charge in [-0.2, -0.15) is 0 Å². The first-order valence-corrected chi connectivity index (χ1v) is 8.33. The standard InChI is InChI=1S/C18H16ClF2N3O2/c1-10-8-12(3-4-13(10)20)24-7-6-16(17(24)25)23-18(26)22-15-5-2-11(19)9-14(15)21/h2-5,8-9,16H,6-7H2,1H3,(H2,22,23,26)/t16-/m0/s1. The van der Waals surface area contributed by atoms with Gasteiger partial charge in [0.25, 0.3) is 0 Å². The number of urea groups is 1. The minimum Gasteiger partial charge on any atom is -0.326 e. The van der Waals surface area contributed by atoms with Crippen molar-refractivity contribution in [3.63, 3.8) is 0 Å². The molecule has 2 aromatic carbocycles. The first-order chi connectivity index (χ1) is 12.3. The number of carbonyl (C=O) groups excluding carboxylic acids is 2. The van der Waals surface area contributed by atoms with Crippen LogP contribution in [0.15, 0.2) is 36.4 Å². The van der Waals surface area contributed by atoms with Gasteiger partial charge < -0.3 is 15.5 Å². The highest BCUT2D eigenvalue weighted by atomic mass is 35.5. The molecule has 1 aliphatic rings. The van der Waals surface area contributed by atoms with Crippen molar-refractivity contribution in [3.8, 4) is 0 Å². The molecule has 8 heteroatoms. The Morgan fingerprint density at radius 3 is 2.65 bits per heavy atom. The smallest absolute Gasteiger partial charge is 0.319 e. The number of benzene rings is 2. The summed E-state index contributed by atoms with van der Waals surface area (Å²) >= 11 is 5.66. The minimum atomic E-state index is -0.740. The lowest BCUT2D eigenvalue weighted by Gasteiger charge is -2.18. The number of nitrogens with one attached hydrogen (secondary N) is 2. The predicted molar refractivity (Wildman–Crippen MR) is 95.5 cm³/mol. The number of hydrogen-bond acceptors (Lipinski definition) is 2. The van der Waals surface area contributed by atoms with E-state index in [1.54, 1.807) is 13.0 Å². The molecule has 0 bridgehead atoms. The lowest BCUT2D eigenvalue weighted by atomic mass is 10.2. The summed E-state index contributed by atoms with van der Waals surface area (Å²) in [5.74, 6) is -1.32. The van der Waals surface area contributed by atoms with Gasteiger partial charge in [0.05, 0.1) is 5.69 Å². The molecule has 1 aliphatic heterocycles. The lowest BCUT2D eigenvalue weighted by molar-refractivity contribution is -0.118. The number of hydrogen-bond donors (Lipinski definition) is 2.